The molecule has 0 amide bonds. The van der Waals surface area contributed by atoms with E-state index in [9.17, 15) is 9.90 Å². The van der Waals surface area contributed by atoms with E-state index >= 15 is 0 Å². The Morgan fingerprint density at radius 1 is 1.67 bits per heavy atom. The van der Waals surface area contributed by atoms with Crippen molar-refractivity contribution in [2.45, 2.75) is 12.2 Å². The maximum atomic E-state index is 11.0. The van der Waals surface area contributed by atoms with Crippen LogP contribution in [0.1, 0.15) is 6.42 Å². The first-order valence-electron chi connectivity index (χ1n) is 3.45. The summed E-state index contributed by atoms with van der Waals surface area (Å²) in [5.74, 6) is -2.31. The number of carbonyl (C=O) groups is 1. The molecular formula is C8H10O4. The highest BCUT2D eigenvalue weighted by molar-refractivity contribution is 5.97. The lowest BCUT2D eigenvalue weighted by molar-refractivity contribution is -0.189. The quantitative estimate of drug-likeness (QED) is 0.438. The molecule has 1 unspecified atom stereocenters. The Morgan fingerprint density at radius 2 is 2.33 bits per heavy atom. The molecule has 0 aromatic carbocycles. The number of ketones is 1. The number of hydrogen-bond donors (Lipinski definition) is 2. The normalized spacial score (nSPS) is 32.8. The van der Waals surface area contributed by atoms with Crippen molar-refractivity contribution in [1.82, 2.24) is 0 Å². The lowest BCUT2D eigenvalue weighted by atomic mass is 9.95. The molecule has 0 saturated heterocycles. The standard InChI is InChI=1S/C8H10O4/c1-12-8(11)4-6(5-9)2-3-7(8)10/h2-3,5,9,11H,4H2,1H3/b6-5+. The summed E-state index contributed by atoms with van der Waals surface area (Å²) in [5, 5.41) is 18.1. The summed E-state index contributed by atoms with van der Waals surface area (Å²) in [6.45, 7) is 0. The first-order valence-corrected chi connectivity index (χ1v) is 3.45. The molecule has 1 rings (SSSR count). The third kappa shape index (κ3) is 1.39. The minimum Gasteiger partial charge on any atom is -0.515 e. The Balaban J connectivity index is 2.94. The molecule has 2 N–H and O–H groups in total. The van der Waals surface area contributed by atoms with Gasteiger partial charge in [-0.25, -0.2) is 0 Å². The monoisotopic (exact) mass is 170 g/mol. The van der Waals surface area contributed by atoms with Gasteiger partial charge < -0.3 is 14.9 Å². The molecule has 0 spiro atoms. The zero-order valence-electron chi connectivity index (χ0n) is 6.65. The minimum atomic E-state index is -1.80. The fourth-order valence-electron chi connectivity index (χ4n) is 0.997. The fourth-order valence-corrected chi connectivity index (χ4v) is 0.997. The largest absolute Gasteiger partial charge is 0.515 e. The summed E-state index contributed by atoms with van der Waals surface area (Å²) in [6.07, 6.45) is 3.44. The highest BCUT2D eigenvalue weighted by Crippen LogP contribution is 2.24. The Bertz CT molecular complexity index is 254. The topological polar surface area (TPSA) is 66.8 Å². The van der Waals surface area contributed by atoms with E-state index < -0.39 is 11.6 Å². The molecule has 1 aliphatic rings. The molecule has 4 heteroatoms. The number of hydrogen-bond acceptors (Lipinski definition) is 4. The average Bonchev–Trinajstić information content (AvgIpc) is 2.10. The zero-order valence-corrected chi connectivity index (χ0v) is 6.65. The van der Waals surface area contributed by atoms with E-state index in [1.165, 1.54) is 19.3 Å². The van der Waals surface area contributed by atoms with Crippen molar-refractivity contribution in [2.24, 2.45) is 0 Å². The molecule has 1 aliphatic carbocycles. The van der Waals surface area contributed by atoms with Crippen molar-refractivity contribution in [2.75, 3.05) is 7.11 Å². The van der Waals surface area contributed by atoms with Gasteiger partial charge in [-0.1, -0.05) is 6.08 Å². The van der Waals surface area contributed by atoms with E-state index in [4.69, 9.17) is 5.11 Å². The Kier molecular flexibility index (Phi) is 2.30. The van der Waals surface area contributed by atoms with Gasteiger partial charge >= 0.3 is 0 Å². The van der Waals surface area contributed by atoms with Crippen LogP contribution < -0.4 is 0 Å². The van der Waals surface area contributed by atoms with Crippen LogP contribution in [0.15, 0.2) is 24.0 Å². The van der Waals surface area contributed by atoms with Gasteiger partial charge in [-0.2, -0.15) is 0 Å². The van der Waals surface area contributed by atoms with Crippen LogP contribution >= 0.6 is 0 Å². The van der Waals surface area contributed by atoms with Crippen molar-refractivity contribution in [3.8, 4) is 0 Å². The first-order chi connectivity index (χ1) is 5.62. The predicted octanol–water partition coefficient (Wildman–Crippen LogP) is 0.292. The van der Waals surface area contributed by atoms with E-state index in [-0.39, 0.29) is 6.42 Å². The van der Waals surface area contributed by atoms with Gasteiger partial charge in [0.25, 0.3) is 0 Å². The number of allylic oxidation sites excluding steroid dienone is 1. The number of methoxy groups -OCH3 is 1. The molecule has 0 fully saturated rings. The van der Waals surface area contributed by atoms with Gasteiger partial charge in [0.2, 0.25) is 11.6 Å². The molecule has 0 radical (unpaired) electrons. The molecule has 0 aliphatic heterocycles. The van der Waals surface area contributed by atoms with Crippen molar-refractivity contribution < 1.29 is 19.7 Å². The van der Waals surface area contributed by atoms with Gasteiger partial charge in [0.15, 0.2) is 0 Å². The smallest absolute Gasteiger partial charge is 0.234 e. The van der Waals surface area contributed by atoms with Crippen LogP contribution in [0, 0.1) is 0 Å². The van der Waals surface area contributed by atoms with E-state index in [2.05, 4.69) is 4.74 Å². The van der Waals surface area contributed by atoms with Crippen molar-refractivity contribution >= 4 is 5.78 Å². The lowest BCUT2D eigenvalue weighted by Gasteiger charge is -2.26. The number of carbonyl (C=O) groups excluding carboxylic acids is 1. The first kappa shape index (κ1) is 8.96. The molecule has 4 nitrogen and oxygen atoms in total. The van der Waals surface area contributed by atoms with Crippen LogP contribution in [0.25, 0.3) is 0 Å². The summed E-state index contributed by atoms with van der Waals surface area (Å²) in [6, 6.07) is 0. The molecule has 0 heterocycles. The SMILES string of the molecule is COC1(O)C/C(=C/O)C=CC1=O. The van der Waals surface area contributed by atoms with E-state index in [0.29, 0.717) is 5.57 Å². The molecular weight excluding hydrogens is 160 g/mol. The van der Waals surface area contributed by atoms with Gasteiger partial charge in [0.05, 0.1) is 6.26 Å². The summed E-state index contributed by atoms with van der Waals surface area (Å²) in [7, 11) is 1.24. The Labute approximate surface area is 69.8 Å². The predicted molar refractivity (Wildman–Crippen MR) is 41.4 cm³/mol. The fraction of sp³-hybridized carbons (Fsp3) is 0.375. The lowest BCUT2D eigenvalue weighted by Crippen LogP contribution is -2.41. The third-order valence-electron chi connectivity index (χ3n) is 1.78. The van der Waals surface area contributed by atoms with Crippen molar-refractivity contribution in [1.29, 1.82) is 0 Å². The van der Waals surface area contributed by atoms with Crippen LogP contribution in [0.5, 0.6) is 0 Å². The van der Waals surface area contributed by atoms with E-state index in [1.54, 1.807) is 0 Å². The summed E-state index contributed by atoms with van der Waals surface area (Å²) >= 11 is 0. The van der Waals surface area contributed by atoms with E-state index in [0.717, 1.165) is 6.26 Å². The van der Waals surface area contributed by atoms with Gasteiger partial charge in [-0.15, -0.1) is 0 Å². The highest BCUT2D eigenvalue weighted by Gasteiger charge is 2.37. The van der Waals surface area contributed by atoms with Crippen LogP contribution in [0.3, 0.4) is 0 Å². The van der Waals surface area contributed by atoms with Gasteiger partial charge in [0.1, 0.15) is 0 Å². The molecule has 12 heavy (non-hydrogen) atoms. The van der Waals surface area contributed by atoms with Crippen LogP contribution in [0.2, 0.25) is 0 Å². The Hall–Kier alpha value is -1.13. The summed E-state index contributed by atoms with van der Waals surface area (Å²) < 4.78 is 4.63. The molecule has 0 aromatic rings. The van der Waals surface area contributed by atoms with Crippen molar-refractivity contribution in [3.05, 3.63) is 24.0 Å². The Morgan fingerprint density at radius 3 is 2.83 bits per heavy atom. The molecule has 0 aromatic heterocycles. The highest BCUT2D eigenvalue weighted by atomic mass is 16.6. The second-order valence-electron chi connectivity index (χ2n) is 2.57. The van der Waals surface area contributed by atoms with E-state index in [1.807, 2.05) is 0 Å². The number of rotatable bonds is 1. The van der Waals surface area contributed by atoms with Gasteiger partial charge in [-0.3, -0.25) is 4.79 Å². The van der Waals surface area contributed by atoms with Crippen LogP contribution in [0.4, 0.5) is 0 Å². The van der Waals surface area contributed by atoms with Gasteiger partial charge in [0, 0.05) is 13.5 Å². The second-order valence-corrected chi connectivity index (χ2v) is 2.57. The third-order valence-corrected chi connectivity index (χ3v) is 1.78. The number of aliphatic hydroxyl groups excluding tert-OH is 1. The molecule has 1 atom stereocenters. The maximum Gasteiger partial charge on any atom is 0.234 e. The average molecular weight is 170 g/mol. The molecule has 0 saturated carbocycles. The maximum absolute atomic E-state index is 11.0. The summed E-state index contributed by atoms with van der Waals surface area (Å²) in [5.41, 5.74) is 0.457. The summed E-state index contributed by atoms with van der Waals surface area (Å²) in [4.78, 5) is 11.0. The number of aliphatic hydroxyl groups is 2. The second kappa shape index (κ2) is 3.08. The molecule has 0 bridgehead atoms. The number of ether oxygens (including phenoxy) is 1. The van der Waals surface area contributed by atoms with Crippen molar-refractivity contribution in [3.63, 3.8) is 0 Å². The minimum absolute atomic E-state index is 0.0185. The van der Waals surface area contributed by atoms with Gasteiger partial charge in [-0.05, 0) is 11.6 Å². The zero-order chi connectivity index (χ0) is 9.19. The van der Waals surface area contributed by atoms with Crippen LogP contribution in [-0.4, -0.2) is 28.9 Å². The van der Waals surface area contributed by atoms with Crippen LogP contribution in [-0.2, 0) is 9.53 Å². The molecule has 66 valence electrons.